The lowest BCUT2D eigenvalue weighted by atomic mass is 9.43. The van der Waals surface area contributed by atoms with Crippen LogP contribution in [0.5, 0.6) is 0 Å². The molecule has 0 unspecified atom stereocenters. The molecule has 2 heterocycles. The molecule has 0 radical (unpaired) electrons. The molecule has 1 saturated heterocycles. The monoisotopic (exact) mass is 577 g/mol. The van der Waals surface area contributed by atoms with E-state index in [1.165, 1.54) is 37.8 Å². The fraction of sp³-hybridized carbons (Fsp3) is 0.939. The topological polar surface area (TPSA) is 132 Å². The molecule has 6 aliphatic rings. The number of hydrogen-bond donors (Lipinski definition) is 6. The Bertz CT molecular complexity index is 975. The van der Waals surface area contributed by atoms with E-state index in [9.17, 15) is 25.5 Å². The van der Waals surface area contributed by atoms with Gasteiger partial charge in [-0.1, -0.05) is 33.8 Å². The molecule has 0 aromatic carbocycles. The smallest absolute Gasteiger partial charge is 0.186 e. The maximum atomic E-state index is 11.7. The van der Waals surface area contributed by atoms with Crippen LogP contribution in [-0.4, -0.2) is 81.6 Å². The third-order valence-electron chi connectivity index (χ3n) is 13.4. The van der Waals surface area contributed by atoms with Gasteiger partial charge in [0, 0.05) is 12.2 Å². The van der Waals surface area contributed by atoms with Crippen molar-refractivity contribution in [1.82, 2.24) is 5.32 Å². The lowest BCUT2D eigenvalue weighted by Gasteiger charge is -2.62. The number of rotatable bonds is 5. The van der Waals surface area contributed by atoms with Crippen molar-refractivity contribution in [2.24, 2.45) is 52.3 Å². The van der Waals surface area contributed by atoms with Crippen molar-refractivity contribution in [3.8, 4) is 0 Å². The van der Waals surface area contributed by atoms with Gasteiger partial charge in [-0.05, 0) is 110 Å². The molecule has 4 saturated carbocycles. The van der Waals surface area contributed by atoms with E-state index in [4.69, 9.17) is 9.47 Å². The Balaban J connectivity index is 1.14. The van der Waals surface area contributed by atoms with E-state index in [0.717, 1.165) is 25.8 Å². The van der Waals surface area contributed by atoms with Gasteiger partial charge in [0.1, 0.15) is 24.4 Å². The Morgan fingerprint density at radius 3 is 2.39 bits per heavy atom. The van der Waals surface area contributed by atoms with Crippen LogP contribution in [0.4, 0.5) is 0 Å². The molecule has 8 heteroatoms. The van der Waals surface area contributed by atoms with Gasteiger partial charge in [-0.15, -0.1) is 0 Å². The van der Waals surface area contributed by atoms with Gasteiger partial charge in [0.05, 0.1) is 18.8 Å². The second kappa shape index (κ2) is 11.3. The maximum Gasteiger partial charge on any atom is 0.186 e. The van der Waals surface area contributed by atoms with E-state index < -0.39 is 37.3 Å². The molecule has 8 nitrogen and oxygen atoms in total. The van der Waals surface area contributed by atoms with Crippen molar-refractivity contribution >= 4 is 0 Å². The summed E-state index contributed by atoms with van der Waals surface area (Å²) >= 11 is 0. The quantitative estimate of drug-likeness (QED) is 0.275. The maximum absolute atomic E-state index is 11.7. The van der Waals surface area contributed by atoms with Crippen LogP contribution in [0, 0.1) is 52.3 Å². The Kier molecular flexibility index (Phi) is 8.36. The molecule has 0 spiro atoms. The van der Waals surface area contributed by atoms with Gasteiger partial charge in [0.25, 0.3) is 0 Å². The first-order valence-electron chi connectivity index (χ1n) is 16.6. The molecule has 6 N–H and O–H groups in total. The van der Waals surface area contributed by atoms with Gasteiger partial charge in [0.2, 0.25) is 0 Å². The number of aliphatic hydroxyl groups is 5. The second-order valence-electron chi connectivity index (χ2n) is 15.4. The summed E-state index contributed by atoms with van der Waals surface area (Å²) < 4.78 is 11.8. The molecule has 0 aromatic heterocycles. The van der Waals surface area contributed by atoms with Crippen LogP contribution in [-0.2, 0) is 9.47 Å². The third-order valence-corrected chi connectivity index (χ3v) is 13.4. The van der Waals surface area contributed by atoms with E-state index >= 15 is 0 Å². The van der Waals surface area contributed by atoms with Crippen LogP contribution in [0.15, 0.2) is 11.8 Å². The number of hydrogen-bond acceptors (Lipinski definition) is 8. The van der Waals surface area contributed by atoms with Crippen molar-refractivity contribution < 1.29 is 35.0 Å². The zero-order valence-electron chi connectivity index (χ0n) is 25.5. The summed E-state index contributed by atoms with van der Waals surface area (Å²) in [4.78, 5) is 0. The van der Waals surface area contributed by atoms with E-state index in [2.05, 4.69) is 39.1 Å². The molecular weight excluding hydrogens is 522 g/mol. The Morgan fingerprint density at radius 2 is 1.68 bits per heavy atom. The fourth-order valence-electron chi connectivity index (χ4n) is 11.0. The molecule has 0 bridgehead atoms. The van der Waals surface area contributed by atoms with Crippen LogP contribution in [0.2, 0.25) is 0 Å². The molecule has 0 amide bonds. The highest BCUT2D eigenvalue weighted by molar-refractivity contribution is 5.16. The Hall–Kier alpha value is -0.740. The summed E-state index contributed by atoms with van der Waals surface area (Å²) in [7, 11) is 0. The van der Waals surface area contributed by atoms with Crippen molar-refractivity contribution in [2.75, 3.05) is 13.2 Å². The molecule has 5 fully saturated rings. The molecule has 0 aromatic rings. The highest BCUT2D eigenvalue weighted by atomic mass is 16.7. The fourth-order valence-corrected chi connectivity index (χ4v) is 11.0. The summed E-state index contributed by atoms with van der Waals surface area (Å²) in [6.45, 7) is 10.4. The lowest BCUT2D eigenvalue weighted by Crippen LogP contribution is -2.61. The minimum Gasteiger partial charge on any atom is -0.394 e. The first-order valence-corrected chi connectivity index (χ1v) is 16.6. The summed E-state index contributed by atoms with van der Waals surface area (Å²) in [5.41, 5.74) is 1.83. The molecule has 234 valence electrons. The second-order valence-corrected chi connectivity index (χ2v) is 15.4. The predicted octanol–water partition coefficient (Wildman–Crippen LogP) is 2.95. The number of allylic oxidation sites excluding steroid dienone is 2. The van der Waals surface area contributed by atoms with E-state index in [1.807, 2.05) is 0 Å². The van der Waals surface area contributed by atoms with Gasteiger partial charge >= 0.3 is 0 Å². The number of nitrogens with one attached hydrogen (secondary N) is 1. The highest BCUT2D eigenvalue weighted by Gasteiger charge is 2.63. The summed E-state index contributed by atoms with van der Waals surface area (Å²) in [6.07, 6.45) is 5.07. The number of ether oxygens (including phenoxy) is 2. The zero-order valence-corrected chi connectivity index (χ0v) is 25.5. The van der Waals surface area contributed by atoms with Crippen molar-refractivity contribution in [3.63, 3.8) is 0 Å². The van der Waals surface area contributed by atoms with Crippen LogP contribution >= 0.6 is 0 Å². The average molecular weight is 578 g/mol. The van der Waals surface area contributed by atoms with Crippen LogP contribution < -0.4 is 5.32 Å². The first kappa shape index (κ1) is 30.3. The minimum atomic E-state index is -1.44. The highest BCUT2D eigenvalue weighted by Crippen LogP contribution is 2.68. The van der Waals surface area contributed by atoms with E-state index in [-0.39, 0.29) is 23.5 Å². The van der Waals surface area contributed by atoms with Crippen molar-refractivity contribution in [3.05, 3.63) is 11.8 Å². The SMILES string of the molecule is C[C@@H]1CC=C([C@@H](C)[C@H]2CC[C@@H]3[C@@H]4C[C@@H](O)[C@H]5C[C@@H](O[C@@H]6O[C@H](CO)[C@@H](O)[C@H](O)[C@H]6O)CC[C@]5(C)[C@H]4CC[C@@]32C)NC1. The molecule has 16 atom stereocenters. The van der Waals surface area contributed by atoms with Crippen molar-refractivity contribution in [1.29, 1.82) is 0 Å². The largest absolute Gasteiger partial charge is 0.394 e. The molecule has 4 aliphatic carbocycles. The van der Waals surface area contributed by atoms with Crippen LogP contribution in [0.3, 0.4) is 0 Å². The summed E-state index contributed by atoms with van der Waals surface area (Å²) in [6, 6.07) is 0. The molecule has 2 aliphatic heterocycles. The zero-order chi connectivity index (χ0) is 29.3. The van der Waals surface area contributed by atoms with Gasteiger partial charge in [-0.25, -0.2) is 0 Å². The van der Waals surface area contributed by atoms with Gasteiger partial charge < -0.3 is 40.3 Å². The average Bonchev–Trinajstić information content (AvgIpc) is 3.31. The molecule has 41 heavy (non-hydrogen) atoms. The number of aliphatic hydroxyl groups excluding tert-OH is 5. The van der Waals surface area contributed by atoms with Crippen LogP contribution in [0.25, 0.3) is 0 Å². The standard InChI is InChI=1S/C33H55NO7/c1-17-5-8-25(34-15-17)18(2)21-6-7-22-20-14-26(36)24-13-19(9-11-33(24,4)23(20)10-12-32(21,22)3)40-31-30(39)29(38)28(37)27(16-35)41-31/h8,17-24,26-31,34-39H,5-7,9-16H2,1-4H3/t17-,18+,19+,20+,21-,22-,23+,24-,26-,27-,28-,29+,30-,31-,32-,33-/m1/s1. The van der Waals surface area contributed by atoms with Crippen LogP contribution in [0.1, 0.15) is 85.5 Å². The third kappa shape index (κ3) is 5.01. The van der Waals surface area contributed by atoms with E-state index in [0.29, 0.717) is 47.3 Å². The Morgan fingerprint density at radius 1 is 0.951 bits per heavy atom. The number of fused-ring (bicyclic) bond motifs is 5. The minimum absolute atomic E-state index is 0.0478. The Labute approximate surface area is 245 Å². The predicted molar refractivity (Wildman–Crippen MR) is 154 cm³/mol. The normalized spacial score (nSPS) is 54.3. The molecular formula is C33H55NO7. The van der Waals surface area contributed by atoms with Gasteiger partial charge in [-0.3, -0.25) is 0 Å². The van der Waals surface area contributed by atoms with Gasteiger partial charge in [-0.2, -0.15) is 0 Å². The molecule has 6 rings (SSSR count). The first-order chi connectivity index (χ1) is 19.5. The van der Waals surface area contributed by atoms with Gasteiger partial charge in [0.15, 0.2) is 6.29 Å². The summed E-state index contributed by atoms with van der Waals surface area (Å²) in [5.74, 6) is 3.89. The summed E-state index contributed by atoms with van der Waals surface area (Å²) in [5, 5.41) is 55.9. The lowest BCUT2D eigenvalue weighted by molar-refractivity contribution is -0.317. The van der Waals surface area contributed by atoms with Crippen molar-refractivity contribution in [2.45, 2.75) is 128 Å². The van der Waals surface area contributed by atoms with E-state index in [1.54, 1.807) is 0 Å².